The maximum absolute atomic E-state index is 12.7. The summed E-state index contributed by atoms with van der Waals surface area (Å²) in [5, 5.41) is 6.66. The largest absolute Gasteiger partial charge is 0.404 e. The predicted octanol–water partition coefficient (Wildman–Crippen LogP) is 1.02. The van der Waals surface area contributed by atoms with Gasteiger partial charge in [-0.25, -0.2) is 0 Å². The lowest BCUT2D eigenvalue weighted by Crippen LogP contribution is -2.55. The van der Waals surface area contributed by atoms with Crippen molar-refractivity contribution in [3.05, 3.63) is 18.5 Å². The Morgan fingerprint density at radius 3 is 2.75 bits per heavy atom. The van der Waals surface area contributed by atoms with E-state index < -0.39 is 12.2 Å². The van der Waals surface area contributed by atoms with E-state index in [4.69, 9.17) is 0 Å². The van der Waals surface area contributed by atoms with E-state index >= 15 is 0 Å². The summed E-state index contributed by atoms with van der Waals surface area (Å²) < 4.78 is 39.6. The number of carbonyl (C=O) groups excluding carboxylic acids is 1. The van der Waals surface area contributed by atoms with Gasteiger partial charge in [0.25, 0.3) is 0 Å². The van der Waals surface area contributed by atoms with Crippen LogP contribution in [0.15, 0.2) is 18.5 Å². The maximum atomic E-state index is 12.7. The van der Waals surface area contributed by atoms with E-state index in [1.165, 1.54) is 16.6 Å². The number of aromatic nitrogens is 2. The molecular weight excluding hydrogens is 273 g/mol. The summed E-state index contributed by atoms with van der Waals surface area (Å²) in [6, 6.07) is 0.0405. The van der Waals surface area contributed by atoms with Gasteiger partial charge in [0.2, 0.25) is 5.91 Å². The smallest absolute Gasteiger partial charge is 0.350 e. The third kappa shape index (κ3) is 3.72. The van der Waals surface area contributed by atoms with Crippen LogP contribution in [0.4, 0.5) is 13.2 Å². The molecule has 1 aromatic rings. The maximum Gasteiger partial charge on any atom is 0.404 e. The molecule has 1 fully saturated rings. The molecule has 1 aromatic heterocycles. The number of hydrogen-bond donors (Lipinski definition) is 1. The summed E-state index contributed by atoms with van der Waals surface area (Å²) in [5.74, 6) is -0.238. The first-order valence-corrected chi connectivity index (χ1v) is 6.40. The van der Waals surface area contributed by atoms with Crippen molar-refractivity contribution in [2.45, 2.75) is 37.6 Å². The van der Waals surface area contributed by atoms with Gasteiger partial charge in [-0.1, -0.05) is 0 Å². The number of rotatable bonds is 3. The number of hydrogen-bond acceptors (Lipinski definition) is 3. The summed E-state index contributed by atoms with van der Waals surface area (Å²) >= 11 is 0. The Bertz CT molecular complexity index is 446. The van der Waals surface area contributed by atoms with Crippen LogP contribution < -0.4 is 5.32 Å². The lowest BCUT2D eigenvalue weighted by molar-refractivity contribution is -0.188. The molecule has 112 valence electrons. The molecule has 0 radical (unpaired) electrons. The number of halogens is 3. The highest BCUT2D eigenvalue weighted by molar-refractivity contribution is 5.75. The molecule has 0 aromatic carbocycles. The fraction of sp³-hybridized carbons (Fsp3) is 0.667. The van der Waals surface area contributed by atoms with Gasteiger partial charge in [0, 0.05) is 25.0 Å². The molecule has 1 aliphatic rings. The average molecular weight is 290 g/mol. The highest BCUT2D eigenvalue weighted by Gasteiger charge is 2.44. The molecule has 0 bridgehead atoms. The molecule has 2 heterocycles. The van der Waals surface area contributed by atoms with Crippen LogP contribution in [0.25, 0.3) is 0 Å². The first-order valence-electron chi connectivity index (χ1n) is 6.40. The van der Waals surface area contributed by atoms with E-state index in [1.54, 1.807) is 18.5 Å². The third-order valence-electron chi connectivity index (χ3n) is 3.44. The fourth-order valence-electron chi connectivity index (χ4n) is 2.49. The van der Waals surface area contributed by atoms with E-state index in [0.717, 1.165) is 0 Å². The number of piperidine rings is 1. The van der Waals surface area contributed by atoms with Crippen molar-refractivity contribution >= 4 is 5.91 Å². The number of alkyl halides is 3. The quantitative estimate of drug-likeness (QED) is 0.904. The van der Waals surface area contributed by atoms with E-state index in [0.29, 0.717) is 6.42 Å². The zero-order valence-electron chi connectivity index (χ0n) is 11.1. The SMILES string of the molecule is CN1C[C@@H](NC(=O)Cn2cccn2)CC[C@H]1C(F)(F)F. The number of amides is 1. The fourth-order valence-corrected chi connectivity index (χ4v) is 2.49. The van der Waals surface area contributed by atoms with Crippen molar-refractivity contribution in [2.24, 2.45) is 0 Å². The standard InChI is InChI=1S/C12H17F3N4O/c1-18-7-9(3-4-10(18)12(13,14)15)17-11(20)8-19-6-2-5-16-19/h2,5-6,9-10H,3-4,7-8H2,1H3,(H,17,20)/t9-,10-/m0/s1. The van der Waals surface area contributed by atoms with Crippen molar-refractivity contribution in [1.29, 1.82) is 0 Å². The molecule has 0 saturated carbocycles. The van der Waals surface area contributed by atoms with Crippen LogP contribution in [0.1, 0.15) is 12.8 Å². The van der Waals surface area contributed by atoms with Gasteiger partial charge in [0.05, 0.1) is 0 Å². The van der Waals surface area contributed by atoms with Crippen LogP contribution in [-0.2, 0) is 11.3 Å². The molecule has 0 unspecified atom stereocenters. The lowest BCUT2D eigenvalue weighted by atomic mass is 9.98. The van der Waals surface area contributed by atoms with Crippen molar-refractivity contribution in [1.82, 2.24) is 20.0 Å². The van der Waals surface area contributed by atoms with Crippen LogP contribution in [0.5, 0.6) is 0 Å². The zero-order valence-corrected chi connectivity index (χ0v) is 11.1. The second-order valence-electron chi connectivity index (χ2n) is 5.04. The van der Waals surface area contributed by atoms with Gasteiger partial charge in [-0.05, 0) is 26.0 Å². The van der Waals surface area contributed by atoms with Crippen LogP contribution >= 0.6 is 0 Å². The number of nitrogens with one attached hydrogen (secondary N) is 1. The van der Waals surface area contributed by atoms with Gasteiger partial charge >= 0.3 is 6.18 Å². The Morgan fingerprint density at radius 1 is 1.45 bits per heavy atom. The van der Waals surface area contributed by atoms with Crippen LogP contribution in [0.3, 0.4) is 0 Å². The van der Waals surface area contributed by atoms with Crippen molar-refractivity contribution in [3.63, 3.8) is 0 Å². The molecule has 1 aliphatic heterocycles. The summed E-state index contributed by atoms with van der Waals surface area (Å²) in [7, 11) is 1.43. The Balaban J connectivity index is 1.82. The Kier molecular flexibility index (Phi) is 4.32. The van der Waals surface area contributed by atoms with E-state index in [1.807, 2.05) is 0 Å². The molecule has 2 atom stereocenters. The van der Waals surface area contributed by atoms with Gasteiger partial charge < -0.3 is 5.32 Å². The minimum Gasteiger partial charge on any atom is -0.350 e. The highest BCUT2D eigenvalue weighted by Crippen LogP contribution is 2.30. The molecule has 0 spiro atoms. The van der Waals surface area contributed by atoms with E-state index in [2.05, 4.69) is 10.4 Å². The molecule has 2 rings (SSSR count). The van der Waals surface area contributed by atoms with Gasteiger partial charge in [-0.2, -0.15) is 18.3 Å². The topological polar surface area (TPSA) is 50.2 Å². The first-order chi connectivity index (χ1) is 9.36. The molecule has 8 heteroatoms. The van der Waals surface area contributed by atoms with Crippen molar-refractivity contribution < 1.29 is 18.0 Å². The van der Waals surface area contributed by atoms with E-state index in [-0.39, 0.29) is 31.5 Å². The summed E-state index contributed by atoms with van der Waals surface area (Å²) in [5.41, 5.74) is 0. The second kappa shape index (κ2) is 5.82. The van der Waals surface area contributed by atoms with Gasteiger partial charge in [0.1, 0.15) is 12.6 Å². The molecule has 5 nitrogen and oxygen atoms in total. The van der Waals surface area contributed by atoms with Gasteiger partial charge in [0.15, 0.2) is 0 Å². The molecule has 20 heavy (non-hydrogen) atoms. The Morgan fingerprint density at radius 2 is 2.20 bits per heavy atom. The van der Waals surface area contributed by atoms with Crippen LogP contribution in [-0.4, -0.2) is 52.4 Å². The van der Waals surface area contributed by atoms with Crippen LogP contribution in [0, 0.1) is 0 Å². The number of carbonyl (C=O) groups is 1. The Labute approximate surface area is 114 Å². The monoisotopic (exact) mass is 290 g/mol. The van der Waals surface area contributed by atoms with Gasteiger partial charge in [-0.15, -0.1) is 0 Å². The molecule has 0 aliphatic carbocycles. The van der Waals surface area contributed by atoms with Gasteiger partial charge in [-0.3, -0.25) is 14.4 Å². The normalized spacial score (nSPS) is 24.6. The number of likely N-dealkylation sites (tertiary alicyclic amines) is 1. The lowest BCUT2D eigenvalue weighted by Gasteiger charge is -2.38. The molecule has 1 amide bonds. The number of likely N-dealkylation sites (N-methyl/N-ethyl adjacent to an activating group) is 1. The van der Waals surface area contributed by atoms with E-state index in [9.17, 15) is 18.0 Å². The van der Waals surface area contributed by atoms with Crippen molar-refractivity contribution in [2.75, 3.05) is 13.6 Å². The summed E-state index contributed by atoms with van der Waals surface area (Å²) in [6.45, 7) is 0.283. The predicted molar refractivity (Wildman–Crippen MR) is 65.9 cm³/mol. The van der Waals surface area contributed by atoms with Crippen molar-refractivity contribution in [3.8, 4) is 0 Å². The molecular formula is C12H17F3N4O. The minimum atomic E-state index is -4.21. The first kappa shape index (κ1) is 14.8. The zero-order chi connectivity index (χ0) is 14.8. The summed E-state index contributed by atoms with van der Waals surface area (Å²) in [6.07, 6.45) is -0.646. The van der Waals surface area contributed by atoms with Crippen LogP contribution in [0.2, 0.25) is 0 Å². The third-order valence-corrected chi connectivity index (χ3v) is 3.44. The average Bonchev–Trinajstić information content (AvgIpc) is 2.79. The number of nitrogens with zero attached hydrogens (tertiary/aromatic N) is 3. The summed E-state index contributed by atoms with van der Waals surface area (Å²) in [4.78, 5) is 13.0. The minimum absolute atomic E-state index is 0.00666. The second-order valence-corrected chi connectivity index (χ2v) is 5.04. The molecule has 1 N–H and O–H groups in total. The molecule has 1 saturated heterocycles. The highest BCUT2D eigenvalue weighted by atomic mass is 19.4. The Hall–Kier alpha value is -1.57.